The number of urea groups is 1. The highest BCUT2D eigenvalue weighted by molar-refractivity contribution is 6.30. The number of aromatic nitrogens is 2. The van der Waals surface area contributed by atoms with Crippen LogP contribution >= 0.6 is 11.6 Å². The van der Waals surface area contributed by atoms with Crippen LogP contribution < -0.4 is 10.1 Å². The second-order valence-corrected chi connectivity index (χ2v) is 7.69. The topological polar surface area (TPSA) is 87.7 Å². The molecule has 0 atom stereocenters. The predicted octanol–water partition coefficient (Wildman–Crippen LogP) is 3.80. The molecule has 0 spiro atoms. The van der Waals surface area contributed by atoms with Crippen molar-refractivity contribution >= 4 is 29.2 Å². The van der Waals surface area contributed by atoms with Crippen LogP contribution in [-0.4, -0.2) is 65.2 Å². The van der Waals surface area contributed by atoms with Crippen molar-refractivity contribution in [3.63, 3.8) is 0 Å². The maximum absolute atomic E-state index is 13.0. The first-order chi connectivity index (χ1) is 15.5. The zero-order valence-corrected chi connectivity index (χ0v) is 18.2. The highest BCUT2D eigenvalue weighted by atomic mass is 35.5. The van der Waals surface area contributed by atoms with Gasteiger partial charge in [-0.25, -0.2) is 4.79 Å². The van der Waals surface area contributed by atoms with E-state index < -0.39 is 0 Å². The van der Waals surface area contributed by atoms with E-state index in [9.17, 15) is 9.59 Å². The lowest BCUT2D eigenvalue weighted by molar-refractivity contribution is 0.0671. The van der Waals surface area contributed by atoms with E-state index in [1.54, 1.807) is 58.3 Å². The third-order valence-corrected chi connectivity index (χ3v) is 5.46. The van der Waals surface area contributed by atoms with Crippen LogP contribution in [0.3, 0.4) is 0 Å². The van der Waals surface area contributed by atoms with Gasteiger partial charge in [-0.3, -0.25) is 4.79 Å². The van der Waals surface area contributed by atoms with E-state index in [1.807, 2.05) is 12.1 Å². The molecule has 1 aliphatic heterocycles. The van der Waals surface area contributed by atoms with E-state index >= 15 is 0 Å². The van der Waals surface area contributed by atoms with Gasteiger partial charge in [0.15, 0.2) is 0 Å². The standard InChI is InChI=1S/C23H22ClN5O3/c1-32-21-10-9-20(26-27-21)16-3-2-4-17(15-16)22(30)28-11-13-29(14-12-28)23(31)25-19-7-5-18(24)6-8-19/h2-10,15H,11-14H2,1H3,(H,25,31). The maximum Gasteiger partial charge on any atom is 0.321 e. The van der Waals surface area contributed by atoms with Crippen molar-refractivity contribution in [3.8, 4) is 17.1 Å². The molecule has 0 aliphatic carbocycles. The number of nitrogens with zero attached hydrogens (tertiary/aromatic N) is 4. The maximum atomic E-state index is 13.0. The minimum atomic E-state index is -0.195. The Labute approximate surface area is 190 Å². The minimum Gasteiger partial charge on any atom is -0.480 e. The van der Waals surface area contributed by atoms with Crippen molar-refractivity contribution in [2.24, 2.45) is 0 Å². The summed E-state index contributed by atoms with van der Waals surface area (Å²) < 4.78 is 5.04. The van der Waals surface area contributed by atoms with Crippen LogP contribution in [0.25, 0.3) is 11.3 Å². The first kappa shape index (κ1) is 21.6. The summed E-state index contributed by atoms with van der Waals surface area (Å²) >= 11 is 5.88. The summed E-state index contributed by atoms with van der Waals surface area (Å²) in [6, 6.07) is 17.6. The fourth-order valence-electron chi connectivity index (χ4n) is 3.43. The lowest BCUT2D eigenvalue weighted by Gasteiger charge is -2.34. The molecule has 0 unspecified atom stereocenters. The van der Waals surface area contributed by atoms with Gasteiger partial charge in [0.25, 0.3) is 5.91 Å². The average molecular weight is 452 g/mol. The van der Waals surface area contributed by atoms with Gasteiger partial charge < -0.3 is 19.9 Å². The van der Waals surface area contributed by atoms with Crippen molar-refractivity contribution in [2.45, 2.75) is 0 Å². The van der Waals surface area contributed by atoms with Gasteiger partial charge in [-0.2, -0.15) is 0 Å². The highest BCUT2D eigenvalue weighted by Crippen LogP contribution is 2.21. The molecule has 1 N–H and O–H groups in total. The molecule has 32 heavy (non-hydrogen) atoms. The second-order valence-electron chi connectivity index (χ2n) is 7.26. The zero-order valence-electron chi connectivity index (χ0n) is 17.5. The number of anilines is 1. The Kier molecular flexibility index (Phi) is 6.51. The number of hydrogen-bond acceptors (Lipinski definition) is 5. The predicted molar refractivity (Wildman–Crippen MR) is 122 cm³/mol. The number of hydrogen-bond donors (Lipinski definition) is 1. The summed E-state index contributed by atoms with van der Waals surface area (Å²) in [5.41, 5.74) is 2.70. The molecular formula is C23H22ClN5O3. The molecule has 9 heteroatoms. The molecule has 1 fully saturated rings. The number of ether oxygens (including phenoxy) is 1. The summed E-state index contributed by atoms with van der Waals surface area (Å²) in [6.45, 7) is 1.82. The summed E-state index contributed by atoms with van der Waals surface area (Å²) in [4.78, 5) is 29.0. The number of rotatable bonds is 4. The third kappa shape index (κ3) is 4.97. The number of piperazine rings is 1. The Hall–Kier alpha value is -3.65. The number of methoxy groups -OCH3 is 1. The normalized spacial score (nSPS) is 13.6. The largest absolute Gasteiger partial charge is 0.480 e. The van der Waals surface area contributed by atoms with E-state index in [4.69, 9.17) is 16.3 Å². The Balaban J connectivity index is 1.36. The van der Waals surface area contributed by atoms with E-state index in [2.05, 4.69) is 15.5 Å². The van der Waals surface area contributed by atoms with Crippen LogP contribution in [0.4, 0.5) is 10.5 Å². The third-order valence-electron chi connectivity index (χ3n) is 5.20. The summed E-state index contributed by atoms with van der Waals surface area (Å²) in [5.74, 6) is 0.352. The van der Waals surface area contributed by atoms with Gasteiger partial charge in [-0.05, 0) is 42.5 Å². The molecule has 0 radical (unpaired) electrons. The van der Waals surface area contributed by atoms with E-state index in [-0.39, 0.29) is 11.9 Å². The molecule has 3 aromatic rings. The van der Waals surface area contributed by atoms with Gasteiger partial charge in [0.1, 0.15) is 0 Å². The Morgan fingerprint density at radius 1 is 0.938 bits per heavy atom. The van der Waals surface area contributed by atoms with Gasteiger partial charge in [0, 0.05) is 54.1 Å². The smallest absolute Gasteiger partial charge is 0.321 e. The second kappa shape index (κ2) is 9.65. The minimum absolute atomic E-state index is 0.0777. The van der Waals surface area contributed by atoms with E-state index in [1.165, 1.54) is 7.11 Å². The molecule has 1 aliphatic rings. The molecule has 8 nitrogen and oxygen atoms in total. The molecular weight excluding hydrogens is 430 g/mol. The van der Waals surface area contributed by atoms with E-state index in [0.29, 0.717) is 54.0 Å². The zero-order chi connectivity index (χ0) is 22.5. The average Bonchev–Trinajstić information content (AvgIpc) is 2.85. The number of carbonyl (C=O) groups excluding carboxylic acids is 2. The SMILES string of the molecule is COc1ccc(-c2cccc(C(=O)N3CCN(C(=O)Nc4ccc(Cl)cc4)CC3)c2)nn1. The van der Waals surface area contributed by atoms with Gasteiger partial charge in [0.05, 0.1) is 12.8 Å². The van der Waals surface area contributed by atoms with Crippen LogP contribution in [-0.2, 0) is 0 Å². The number of halogens is 1. The van der Waals surface area contributed by atoms with Crippen molar-refractivity contribution in [1.29, 1.82) is 0 Å². The molecule has 1 saturated heterocycles. The van der Waals surface area contributed by atoms with Gasteiger partial charge in [-0.15, -0.1) is 10.2 Å². The Morgan fingerprint density at radius 3 is 2.31 bits per heavy atom. The van der Waals surface area contributed by atoms with Crippen molar-refractivity contribution in [2.75, 3.05) is 38.6 Å². The molecule has 0 saturated carbocycles. The Morgan fingerprint density at radius 2 is 1.66 bits per heavy atom. The van der Waals surface area contributed by atoms with Crippen molar-refractivity contribution in [1.82, 2.24) is 20.0 Å². The van der Waals surface area contributed by atoms with Crippen molar-refractivity contribution < 1.29 is 14.3 Å². The fraction of sp³-hybridized carbons (Fsp3) is 0.217. The first-order valence-electron chi connectivity index (χ1n) is 10.1. The molecule has 2 heterocycles. The van der Waals surface area contributed by atoms with Crippen LogP contribution in [0.5, 0.6) is 5.88 Å². The molecule has 3 amide bonds. The lowest BCUT2D eigenvalue weighted by Crippen LogP contribution is -2.51. The van der Waals surface area contributed by atoms with E-state index in [0.717, 1.165) is 5.56 Å². The van der Waals surface area contributed by atoms with Crippen LogP contribution in [0, 0.1) is 0 Å². The van der Waals surface area contributed by atoms with Crippen LogP contribution in [0.1, 0.15) is 10.4 Å². The van der Waals surface area contributed by atoms with Gasteiger partial charge >= 0.3 is 6.03 Å². The fourth-order valence-corrected chi connectivity index (χ4v) is 3.55. The summed E-state index contributed by atoms with van der Waals surface area (Å²) in [6.07, 6.45) is 0. The quantitative estimate of drug-likeness (QED) is 0.652. The first-order valence-corrected chi connectivity index (χ1v) is 10.5. The monoisotopic (exact) mass is 451 g/mol. The Bertz CT molecular complexity index is 1100. The number of nitrogens with one attached hydrogen (secondary N) is 1. The number of amides is 3. The number of benzene rings is 2. The summed E-state index contributed by atoms with van der Waals surface area (Å²) in [5, 5.41) is 11.6. The van der Waals surface area contributed by atoms with Crippen LogP contribution in [0.15, 0.2) is 60.7 Å². The van der Waals surface area contributed by atoms with Gasteiger partial charge in [0.2, 0.25) is 5.88 Å². The lowest BCUT2D eigenvalue weighted by atomic mass is 10.1. The number of carbonyl (C=O) groups is 2. The molecule has 164 valence electrons. The summed E-state index contributed by atoms with van der Waals surface area (Å²) in [7, 11) is 1.53. The highest BCUT2D eigenvalue weighted by Gasteiger charge is 2.25. The molecule has 0 bridgehead atoms. The van der Waals surface area contributed by atoms with Gasteiger partial charge in [-0.1, -0.05) is 23.7 Å². The van der Waals surface area contributed by atoms with Crippen LogP contribution in [0.2, 0.25) is 5.02 Å². The van der Waals surface area contributed by atoms with Crippen molar-refractivity contribution in [3.05, 3.63) is 71.2 Å². The molecule has 2 aromatic carbocycles. The molecule has 4 rings (SSSR count). The molecule has 1 aromatic heterocycles.